The zero-order valence-electron chi connectivity index (χ0n) is 9.40. The van der Waals surface area contributed by atoms with Crippen molar-refractivity contribution in [2.45, 2.75) is 25.2 Å². The minimum atomic E-state index is -1.84. The number of hydrogen-bond donors (Lipinski definition) is 0. The van der Waals surface area contributed by atoms with Crippen LogP contribution in [0.5, 0.6) is 0 Å². The zero-order chi connectivity index (χ0) is 9.26. The van der Waals surface area contributed by atoms with Crippen molar-refractivity contribution in [3.63, 3.8) is 0 Å². The first kappa shape index (κ1) is 16.2. The zero-order valence-corrected chi connectivity index (χ0v) is 13.4. The maximum atomic E-state index is 10.5. The first-order chi connectivity index (χ1) is 6.27. The third-order valence-corrected chi connectivity index (χ3v) is 2.79. The van der Waals surface area contributed by atoms with Crippen molar-refractivity contribution in [2.24, 2.45) is 0 Å². The average molecular weight is 220 g/mol. The molecule has 0 unspecified atom stereocenters. The van der Waals surface area contributed by atoms with E-state index in [2.05, 4.69) is 0 Å². The molecule has 0 spiro atoms. The molecule has 2 rings (SSSR count). The maximum absolute atomic E-state index is 10.5. The van der Waals surface area contributed by atoms with E-state index in [4.69, 9.17) is 0 Å². The van der Waals surface area contributed by atoms with Crippen molar-refractivity contribution in [3.8, 4) is 0 Å². The predicted molar refractivity (Wildman–Crippen MR) is 48.4 cm³/mol. The Morgan fingerprint density at radius 3 is 1.87 bits per heavy atom. The number of hydrogen-bond acceptors (Lipinski definition) is 2. The van der Waals surface area contributed by atoms with Crippen LogP contribution in [0.1, 0.15) is 30.7 Å². The van der Waals surface area contributed by atoms with Gasteiger partial charge in [-0.05, 0) is 24.3 Å². The van der Waals surface area contributed by atoms with Gasteiger partial charge in [-0.25, -0.2) is 0 Å². The van der Waals surface area contributed by atoms with Crippen molar-refractivity contribution in [2.75, 3.05) is 0 Å². The van der Waals surface area contributed by atoms with Crippen LogP contribution in [0.4, 0.5) is 0 Å². The van der Waals surface area contributed by atoms with Gasteiger partial charge in [0, 0.05) is 0 Å². The van der Waals surface area contributed by atoms with Crippen LogP contribution in [-0.4, -0.2) is 7.12 Å². The molecule has 0 atom stereocenters. The van der Waals surface area contributed by atoms with Crippen molar-refractivity contribution in [3.05, 3.63) is 29.8 Å². The molecule has 0 heterocycles. The van der Waals surface area contributed by atoms with E-state index in [1.807, 2.05) is 12.1 Å². The topological polar surface area (TPSA) is 46.1 Å². The Morgan fingerprint density at radius 2 is 1.53 bits per heavy atom. The largest absolute Gasteiger partial charge is 1.00 e. The van der Waals surface area contributed by atoms with Gasteiger partial charge in [-0.15, -0.1) is 5.46 Å². The van der Waals surface area contributed by atoms with Gasteiger partial charge in [-0.3, -0.25) is 0 Å². The van der Waals surface area contributed by atoms with Crippen molar-refractivity contribution in [1.82, 2.24) is 0 Å². The molecule has 0 aromatic heterocycles. The predicted octanol–water partition coefficient (Wildman–Crippen LogP) is -6.62. The molecule has 15 heavy (non-hydrogen) atoms. The average Bonchev–Trinajstić information content (AvgIpc) is 2.02. The van der Waals surface area contributed by atoms with E-state index >= 15 is 0 Å². The first-order valence-electron chi connectivity index (χ1n) is 4.69. The SMILES string of the molecule is [Na+].[Na+].[O-]B([O-])c1ccc(C2CCC2)cc1. The third kappa shape index (κ3) is 4.17. The molecule has 1 aromatic carbocycles. The molecule has 0 saturated heterocycles. The van der Waals surface area contributed by atoms with Gasteiger partial charge in [0.2, 0.25) is 0 Å². The molecule has 1 aliphatic rings. The summed E-state index contributed by atoms with van der Waals surface area (Å²) in [5.41, 5.74) is 1.62. The third-order valence-electron chi connectivity index (χ3n) is 2.79. The molecule has 0 N–H and O–H groups in total. The second kappa shape index (κ2) is 7.52. The van der Waals surface area contributed by atoms with Crippen LogP contribution in [0.25, 0.3) is 0 Å². The van der Waals surface area contributed by atoms with Gasteiger partial charge >= 0.3 is 59.1 Å². The first-order valence-corrected chi connectivity index (χ1v) is 4.69. The molecule has 5 heteroatoms. The smallest absolute Gasteiger partial charge is 0.889 e. The summed E-state index contributed by atoms with van der Waals surface area (Å²) in [6, 6.07) is 7.17. The van der Waals surface area contributed by atoms with Gasteiger partial charge in [-0.2, -0.15) is 0 Å². The van der Waals surface area contributed by atoms with E-state index in [-0.39, 0.29) is 59.1 Å². The van der Waals surface area contributed by atoms with E-state index in [1.165, 1.54) is 24.8 Å². The quantitative estimate of drug-likeness (QED) is 0.465. The van der Waals surface area contributed by atoms with E-state index in [0.29, 0.717) is 11.4 Å². The summed E-state index contributed by atoms with van der Waals surface area (Å²) in [5, 5.41) is 21.1. The normalized spacial score (nSPS) is 14.5. The van der Waals surface area contributed by atoms with Gasteiger partial charge in [-0.1, -0.05) is 37.8 Å². The van der Waals surface area contributed by atoms with Crippen LogP contribution in [0, 0.1) is 0 Å². The van der Waals surface area contributed by atoms with E-state index in [0.717, 1.165) is 0 Å². The second-order valence-corrected chi connectivity index (χ2v) is 3.63. The Hall–Kier alpha value is 1.20. The number of benzene rings is 1. The van der Waals surface area contributed by atoms with Gasteiger partial charge in [0.1, 0.15) is 0 Å². The van der Waals surface area contributed by atoms with Crippen molar-refractivity contribution >= 4 is 12.6 Å². The minimum Gasteiger partial charge on any atom is -0.889 e. The van der Waals surface area contributed by atoms with Gasteiger partial charge in [0.25, 0.3) is 0 Å². The molecule has 1 aliphatic carbocycles. The fourth-order valence-electron chi connectivity index (χ4n) is 1.67. The monoisotopic (exact) mass is 220 g/mol. The molecule has 68 valence electrons. The standard InChI is InChI=1S/C10H11BO2.2Na/c12-11(13)10-6-4-9(5-7-10)8-2-1-3-8;;/h4-8H,1-3H2;;/q-2;2*+1. The van der Waals surface area contributed by atoms with Crippen LogP contribution in [0.3, 0.4) is 0 Å². The van der Waals surface area contributed by atoms with Crippen LogP contribution in [0.15, 0.2) is 24.3 Å². The molecule has 0 amide bonds. The number of rotatable bonds is 2. The Bertz CT molecular complexity index is 286. The molecular weight excluding hydrogens is 209 g/mol. The molecule has 2 nitrogen and oxygen atoms in total. The van der Waals surface area contributed by atoms with Crippen molar-refractivity contribution < 1.29 is 69.2 Å². The Morgan fingerprint density at radius 1 is 1.00 bits per heavy atom. The van der Waals surface area contributed by atoms with E-state index < -0.39 is 7.12 Å². The Kier molecular flexibility index (Phi) is 8.12. The van der Waals surface area contributed by atoms with Crippen LogP contribution in [0.2, 0.25) is 0 Å². The molecule has 1 saturated carbocycles. The molecule has 1 fully saturated rings. The molecule has 0 bridgehead atoms. The summed E-state index contributed by atoms with van der Waals surface area (Å²) in [6.45, 7) is 0. The summed E-state index contributed by atoms with van der Waals surface area (Å²) < 4.78 is 0. The minimum absolute atomic E-state index is 0. The Balaban J connectivity index is 0.000000980. The van der Waals surface area contributed by atoms with Crippen LogP contribution < -0.4 is 74.6 Å². The summed E-state index contributed by atoms with van der Waals surface area (Å²) >= 11 is 0. The summed E-state index contributed by atoms with van der Waals surface area (Å²) in [5.74, 6) is 0.672. The summed E-state index contributed by atoms with van der Waals surface area (Å²) in [4.78, 5) is 0. The molecule has 1 aromatic rings. The molecular formula is C10H11BNa2O2. The Labute approximate surface area is 135 Å². The van der Waals surface area contributed by atoms with Gasteiger partial charge in [0.15, 0.2) is 0 Å². The van der Waals surface area contributed by atoms with Crippen molar-refractivity contribution in [1.29, 1.82) is 0 Å². The summed E-state index contributed by atoms with van der Waals surface area (Å²) in [7, 11) is -1.84. The molecule has 0 radical (unpaired) electrons. The van der Waals surface area contributed by atoms with Gasteiger partial charge < -0.3 is 10.0 Å². The summed E-state index contributed by atoms with van der Waals surface area (Å²) in [6.07, 6.45) is 3.80. The fraction of sp³-hybridized carbons (Fsp3) is 0.400. The maximum Gasteiger partial charge on any atom is 1.00 e. The van der Waals surface area contributed by atoms with Gasteiger partial charge in [0.05, 0.1) is 0 Å². The van der Waals surface area contributed by atoms with E-state index in [9.17, 15) is 10.0 Å². The molecule has 0 aliphatic heterocycles. The van der Waals surface area contributed by atoms with Crippen LogP contribution in [-0.2, 0) is 0 Å². The van der Waals surface area contributed by atoms with Crippen LogP contribution >= 0.6 is 0 Å². The fourth-order valence-corrected chi connectivity index (χ4v) is 1.67. The second-order valence-electron chi connectivity index (χ2n) is 3.63. The van der Waals surface area contributed by atoms with E-state index in [1.54, 1.807) is 12.1 Å².